The van der Waals surface area contributed by atoms with Crippen LogP contribution in [0.2, 0.25) is 0 Å². The van der Waals surface area contributed by atoms with Gasteiger partial charge in [-0.1, -0.05) is 26.0 Å². The van der Waals surface area contributed by atoms with Crippen LogP contribution in [0.3, 0.4) is 0 Å². The number of carboxylic acids is 1. The Morgan fingerprint density at radius 2 is 1.74 bits per heavy atom. The third kappa shape index (κ3) is 3.89. The van der Waals surface area contributed by atoms with Crippen LogP contribution in [0.1, 0.15) is 61.4 Å². The van der Waals surface area contributed by atoms with Gasteiger partial charge in [0, 0.05) is 19.0 Å². The van der Waals surface area contributed by atoms with E-state index in [0.717, 1.165) is 12.8 Å². The molecule has 1 saturated heterocycles. The molecule has 0 aromatic heterocycles. The smallest absolute Gasteiger partial charge is 0.338 e. The first kappa shape index (κ1) is 17.4. The summed E-state index contributed by atoms with van der Waals surface area (Å²) < 4.78 is 14.2. The first-order valence-corrected chi connectivity index (χ1v) is 8.38. The van der Waals surface area contributed by atoms with Gasteiger partial charge in [-0.3, -0.25) is 4.79 Å². The second-order valence-corrected chi connectivity index (χ2v) is 5.89. The zero-order valence-electron chi connectivity index (χ0n) is 13.7. The fourth-order valence-corrected chi connectivity index (χ4v) is 3.03. The number of nitrogens with zero attached hydrogens (tertiary/aromatic N) is 1. The molecule has 23 heavy (non-hydrogen) atoms. The summed E-state index contributed by atoms with van der Waals surface area (Å²) in [4.78, 5) is 24.8. The number of carbonyl (C=O) groups is 2. The first-order chi connectivity index (χ1) is 11.1. The lowest BCUT2D eigenvalue weighted by Gasteiger charge is -2.32. The third-order valence-corrected chi connectivity index (χ3v) is 4.43. The van der Waals surface area contributed by atoms with Gasteiger partial charge in [0.2, 0.25) is 5.91 Å². The number of carbonyl (C=O) groups excluding carboxylic acids is 1. The van der Waals surface area contributed by atoms with Crippen molar-refractivity contribution in [1.82, 2.24) is 4.90 Å². The maximum atomic E-state index is 14.2. The fourth-order valence-electron chi connectivity index (χ4n) is 3.03. The maximum Gasteiger partial charge on any atom is 0.338 e. The number of carboxylic acid groups (broad SMARTS) is 1. The summed E-state index contributed by atoms with van der Waals surface area (Å²) in [7, 11) is 0. The van der Waals surface area contributed by atoms with Gasteiger partial charge < -0.3 is 10.0 Å². The Morgan fingerprint density at radius 3 is 2.26 bits per heavy atom. The number of likely N-dealkylation sites (tertiary alicyclic amines) is 1. The monoisotopic (exact) mass is 321 g/mol. The molecular weight excluding hydrogens is 297 g/mol. The normalized spacial score (nSPS) is 18.1. The summed E-state index contributed by atoms with van der Waals surface area (Å²) in [6, 6.07) is 4.53. The van der Waals surface area contributed by atoms with Crippen molar-refractivity contribution < 1.29 is 19.1 Å². The van der Waals surface area contributed by atoms with Crippen molar-refractivity contribution in [3.05, 3.63) is 35.1 Å². The lowest BCUT2D eigenvalue weighted by Crippen LogP contribution is -2.38. The standard InChI is InChI=1S/C16H18FNO3.C2H6/c17-14-12(2-1-3-13(14)16(20)21)10-6-8-18(9-7-10)15(19)11-4-5-11;1-2/h1-3,10-11H,4-9H2,(H,20,21);1-2H3. The van der Waals surface area contributed by atoms with Crippen LogP contribution in [0.5, 0.6) is 0 Å². The molecule has 1 amide bonds. The molecule has 1 heterocycles. The largest absolute Gasteiger partial charge is 0.478 e. The lowest BCUT2D eigenvalue weighted by molar-refractivity contribution is -0.133. The second-order valence-electron chi connectivity index (χ2n) is 5.89. The molecule has 0 atom stereocenters. The molecule has 0 radical (unpaired) electrons. The van der Waals surface area contributed by atoms with Gasteiger partial charge >= 0.3 is 5.97 Å². The molecule has 1 aliphatic carbocycles. The molecule has 5 heteroatoms. The highest BCUT2D eigenvalue weighted by molar-refractivity contribution is 5.88. The van der Waals surface area contributed by atoms with Gasteiger partial charge in [0.25, 0.3) is 0 Å². The molecule has 0 unspecified atom stereocenters. The molecule has 1 N–H and O–H groups in total. The summed E-state index contributed by atoms with van der Waals surface area (Å²) >= 11 is 0. The average Bonchev–Trinajstić information content (AvgIpc) is 3.41. The highest BCUT2D eigenvalue weighted by Gasteiger charge is 2.35. The minimum atomic E-state index is -1.24. The van der Waals surface area contributed by atoms with E-state index >= 15 is 0 Å². The third-order valence-electron chi connectivity index (χ3n) is 4.43. The molecule has 1 aromatic carbocycles. The SMILES string of the molecule is CC.O=C(O)c1cccc(C2CCN(C(=O)C3CC3)CC2)c1F. The zero-order chi connectivity index (χ0) is 17.0. The van der Waals surface area contributed by atoms with Crippen molar-refractivity contribution in [2.24, 2.45) is 5.92 Å². The summed E-state index contributed by atoms with van der Waals surface area (Å²) in [5, 5.41) is 8.98. The predicted molar refractivity (Wildman–Crippen MR) is 86.0 cm³/mol. The molecular formula is C18H24FNO3. The van der Waals surface area contributed by atoms with Crippen molar-refractivity contribution in [1.29, 1.82) is 0 Å². The number of benzene rings is 1. The Labute approximate surface area is 136 Å². The first-order valence-electron chi connectivity index (χ1n) is 8.38. The van der Waals surface area contributed by atoms with Gasteiger partial charge in [-0.05, 0) is 43.2 Å². The van der Waals surface area contributed by atoms with Crippen molar-refractivity contribution >= 4 is 11.9 Å². The van der Waals surface area contributed by atoms with Crippen molar-refractivity contribution in [2.75, 3.05) is 13.1 Å². The van der Waals surface area contributed by atoms with Crippen LogP contribution in [0.15, 0.2) is 18.2 Å². The van der Waals surface area contributed by atoms with E-state index in [4.69, 9.17) is 5.11 Å². The number of aromatic carboxylic acids is 1. The Hall–Kier alpha value is -1.91. The molecule has 1 aliphatic heterocycles. The van der Waals surface area contributed by atoms with Crippen LogP contribution in [0.4, 0.5) is 4.39 Å². The molecule has 3 rings (SSSR count). The van der Waals surface area contributed by atoms with Gasteiger partial charge in [0.15, 0.2) is 0 Å². The zero-order valence-corrected chi connectivity index (χ0v) is 13.7. The number of piperidine rings is 1. The van der Waals surface area contributed by atoms with E-state index in [0.29, 0.717) is 31.5 Å². The molecule has 4 nitrogen and oxygen atoms in total. The van der Waals surface area contributed by atoms with Crippen LogP contribution in [-0.4, -0.2) is 35.0 Å². The summed E-state index contributed by atoms with van der Waals surface area (Å²) in [6.07, 6.45) is 3.37. The van der Waals surface area contributed by atoms with E-state index < -0.39 is 11.8 Å². The van der Waals surface area contributed by atoms with E-state index in [2.05, 4.69) is 0 Å². The molecule has 2 fully saturated rings. The van der Waals surface area contributed by atoms with Gasteiger partial charge in [-0.15, -0.1) is 0 Å². The van der Waals surface area contributed by atoms with Gasteiger partial charge in [-0.25, -0.2) is 9.18 Å². The van der Waals surface area contributed by atoms with E-state index in [1.165, 1.54) is 6.07 Å². The molecule has 0 spiro atoms. The molecule has 0 bridgehead atoms. The highest BCUT2D eigenvalue weighted by atomic mass is 19.1. The van der Waals surface area contributed by atoms with Crippen molar-refractivity contribution in [2.45, 2.75) is 45.4 Å². The summed E-state index contributed by atoms with van der Waals surface area (Å²) in [5.74, 6) is -1.43. The van der Waals surface area contributed by atoms with Gasteiger partial charge in [-0.2, -0.15) is 0 Å². The van der Waals surface area contributed by atoms with Crippen LogP contribution >= 0.6 is 0 Å². The highest BCUT2D eigenvalue weighted by Crippen LogP contribution is 2.35. The minimum Gasteiger partial charge on any atom is -0.478 e. The molecule has 1 saturated carbocycles. The number of rotatable bonds is 3. The van der Waals surface area contributed by atoms with E-state index in [1.807, 2.05) is 18.7 Å². The number of hydrogen-bond donors (Lipinski definition) is 1. The second kappa shape index (κ2) is 7.57. The van der Waals surface area contributed by atoms with Crippen LogP contribution in [0.25, 0.3) is 0 Å². The van der Waals surface area contributed by atoms with Crippen LogP contribution < -0.4 is 0 Å². The van der Waals surface area contributed by atoms with Crippen molar-refractivity contribution in [3.63, 3.8) is 0 Å². The fraction of sp³-hybridized carbons (Fsp3) is 0.556. The molecule has 2 aliphatic rings. The van der Waals surface area contributed by atoms with E-state index in [-0.39, 0.29) is 23.3 Å². The maximum absolute atomic E-state index is 14.2. The number of amides is 1. The quantitative estimate of drug-likeness (QED) is 0.924. The summed E-state index contributed by atoms with van der Waals surface area (Å²) in [6.45, 7) is 5.27. The topological polar surface area (TPSA) is 57.6 Å². The molecule has 1 aromatic rings. The number of halogens is 1. The van der Waals surface area contributed by atoms with Crippen molar-refractivity contribution in [3.8, 4) is 0 Å². The van der Waals surface area contributed by atoms with Gasteiger partial charge in [0.05, 0.1) is 5.56 Å². The molecule has 126 valence electrons. The Morgan fingerprint density at radius 1 is 1.13 bits per heavy atom. The van der Waals surface area contributed by atoms with E-state index in [1.54, 1.807) is 12.1 Å². The number of hydrogen-bond acceptors (Lipinski definition) is 2. The Bertz CT molecular complexity index is 576. The predicted octanol–water partition coefficient (Wildman–Crippen LogP) is 3.67. The minimum absolute atomic E-state index is 0.00690. The van der Waals surface area contributed by atoms with Crippen LogP contribution in [0, 0.1) is 11.7 Å². The summed E-state index contributed by atoms with van der Waals surface area (Å²) in [5.41, 5.74) is 0.192. The lowest BCUT2D eigenvalue weighted by atomic mass is 9.88. The average molecular weight is 321 g/mol. The Balaban J connectivity index is 0.000000924. The Kier molecular flexibility index (Phi) is 5.74. The van der Waals surface area contributed by atoms with Gasteiger partial charge in [0.1, 0.15) is 5.82 Å². The van der Waals surface area contributed by atoms with E-state index in [9.17, 15) is 14.0 Å². The van der Waals surface area contributed by atoms with Crippen LogP contribution in [-0.2, 0) is 4.79 Å².